The first-order valence-electron chi connectivity index (χ1n) is 6.69. The van der Waals surface area contributed by atoms with Gasteiger partial charge in [-0.1, -0.05) is 12.2 Å². The maximum absolute atomic E-state index is 8.48. The summed E-state index contributed by atoms with van der Waals surface area (Å²) in [7, 11) is 0. The van der Waals surface area contributed by atoms with Crippen LogP contribution in [-0.4, -0.2) is 86.1 Å². The van der Waals surface area contributed by atoms with E-state index in [1.165, 1.54) is 0 Å². The lowest BCUT2D eigenvalue weighted by Gasteiger charge is -2.17. The van der Waals surface area contributed by atoms with E-state index in [2.05, 4.69) is 17.9 Å². The maximum atomic E-state index is 8.48. The first-order valence-corrected chi connectivity index (χ1v) is 6.69. The molecule has 1 heterocycles. The van der Waals surface area contributed by atoms with Gasteiger partial charge in [0.1, 0.15) is 0 Å². The molecule has 0 aromatic heterocycles. The van der Waals surface area contributed by atoms with E-state index in [9.17, 15) is 0 Å². The highest BCUT2D eigenvalue weighted by Crippen LogP contribution is 1.85. The quantitative estimate of drug-likeness (QED) is 0.290. The fourth-order valence-electron chi connectivity index (χ4n) is 0.994. The van der Waals surface area contributed by atoms with E-state index >= 15 is 0 Å². The zero-order chi connectivity index (χ0) is 15.5. The van der Waals surface area contributed by atoms with Crippen molar-refractivity contribution in [3.63, 3.8) is 0 Å². The lowest BCUT2D eigenvalue weighted by Crippen LogP contribution is -2.32. The fraction of sp³-hybridized carbons (Fsp3) is 0.714. The molecular formula is C14H29NO5. The molecule has 0 spiro atoms. The molecule has 3 N–H and O–H groups in total. The normalized spacial score (nSPS) is 11.8. The van der Waals surface area contributed by atoms with Crippen LogP contribution in [0.2, 0.25) is 0 Å². The number of epoxide rings is 1. The fourth-order valence-corrected chi connectivity index (χ4v) is 0.994. The Kier molecular flexibility index (Phi) is 22.1. The van der Waals surface area contributed by atoms with E-state index in [-0.39, 0.29) is 19.8 Å². The van der Waals surface area contributed by atoms with Crippen LogP contribution in [0, 0.1) is 0 Å². The second kappa shape index (κ2) is 20.6. The van der Waals surface area contributed by atoms with Gasteiger partial charge < -0.3 is 24.8 Å². The van der Waals surface area contributed by atoms with Crippen molar-refractivity contribution in [3.05, 3.63) is 25.3 Å². The molecule has 0 unspecified atom stereocenters. The molecule has 0 bridgehead atoms. The Morgan fingerprint density at radius 2 is 1.25 bits per heavy atom. The zero-order valence-electron chi connectivity index (χ0n) is 12.2. The van der Waals surface area contributed by atoms with Crippen LogP contribution in [0.25, 0.3) is 0 Å². The van der Waals surface area contributed by atoms with Crippen LogP contribution in [0.5, 0.6) is 0 Å². The number of aliphatic hydroxyl groups excluding tert-OH is 3. The summed E-state index contributed by atoms with van der Waals surface area (Å²) in [4.78, 5) is 1.79. The lowest BCUT2D eigenvalue weighted by molar-refractivity contribution is 0.136. The third kappa shape index (κ3) is 25.9. The van der Waals surface area contributed by atoms with Crippen LogP contribution in [0.1, 0.15) is 0 Å². The maximum Gasteiger partial charge on any atom is 0.0701 e. The molecule has 0 aromatic carbocycles. The summed E-state index contributed by atoms with van der Waals surface area (Å²) in [6, 6.07) is 0. The Balaban J connectivity index is 0. The van der Waals surface area contributed by atoms with E-state index in [4.69, 9.17) is 20.1 Å². The third-order valence-corrected chi connectivity index (χ3v) is 1.92. The summed E-state index contributed by atoms with van der Waals surface area (Å²) in [6.45, 7) is 11.9. The standard InChI is InChI=1S/C6H15NO3.C6H10O.C2H4O/c8-4-1-7(2-5-9)3-6-10;1-3-5-7-6-4-2;1-2-3-1/h8-10H,1-6H2;3-4H,1-2,5-6H2;1-2H2. The first kappa shape index (κ1) is 21.5. The minimum absolute atomic E-state index is 0.0694. The topological polar surface area (TPSA) is 85.7 Å². The number of rotatable bonds is 10. The molecule has 1 rings (SSSR count). The number of ether oxygens (including phenoxy) is 2. The van der Waals surface area contributed by atoms with Crippen molar-refractivity contribution in [2.75, 3.05) is 65.9 Å². The van der Waals surface area contributed by atoms with Gasteiger partial charge in [0.25, 0.3) is 0 Å². The molecule has 1 fully saturated rings. The van der Waals surface area contributed by atoms with Crippen molar-refractivity contribution in [2.45, 2.75) is 0 Å². The molecule has 1 aliphatic heterocycles. The van der Waals surface area contributed by atoms with Gasteiger partial charge in [0, 0.05) is 19.6 Å². The van der Waals surface area contributed by atoms with Crippen molar-refractivity contribution in [1.29, 1.82) is 0 Å². The van der Waals surface area contributed by atoms with E-state index in [0.717, 1.165) is 13.2 Å². The molecule has 1 aliphatic rings. The Morgan fingerprint density at radius 1 is 0.900 bits per heavy atom. The van der Waals surface area contributed by atoms with Crippen LogP contribution in [0.4, 0.5) is 0 Å². The average molecular weight is 291 g/mol. The van der Waals surface area contributed by atoms with E-state index in [1.807, 2.05) is 0 Å². The summed E-state index contributed by atoms with van der Waals surface area (Å²) in [5.41, 5.74) is 0. The smallest absolute Gasteiger partial charge is 0.0701 e. The number of nitrogens with zero attached hydrogens (tertiary/aromatic N) is 1. The molecule has 0 aromatic rings. The first-order chi connectivity index (χ1) is 9.76. The predicted molar refractivity (Wildman–Crippen MR) is 79.7 cm³/mol. The SMILES string of the molecule is C1CO1.C=CCOCC=C.OCCN(CCO)CCO. The second-order valence-electron chi connectivity index (χ2n) is 3.74. The van der Waals surface area contributed by atoms with Crippen molar-refractivity contribution in [2.24, 2.45) is 0 Å². The van der Waals surface area contributed by atoms with Gasteiger partial charge in [-0.05, 0) is 0 Å². The minimum atomic E-state index is 0.0694. The Bertz CT molecular complexity index is 175. The van der Waals surface area contributed by atoms with E-state index in [0.29, 0.717) is 32.8 Å². The number of aliphatic hydroxyl groups is 3. The molecule has 1 saturated heterocycles. The van der Waals surface area contributed by atoms with E-state index in [1.54, 1.807) is 17.1 Å². The Hall–Kier alpha value is -0.760. The molecule has 0 amide bonds. The average Bonchev–Trinajstić information content (AvgIpc) is 3.29. The molecule has 6 nitrogen and oxygen atoms in total. The Labute approximate surface area is 121 Å². The van der Waals surface area contributed by atoms with Crippen molar-refractivity contribution in [3.8, 4) is 0 Å². The van der Waals surface area contributed by atoms with Gasteiger partial charge in [-0.15, -0.1) is 13.2 Å². The van der Waals surface area contributed by atoms with Crippen molar-refractivity contribution in [1.82, 2.24) is 4.90 Å². The summed E-state index contributed by atoms with van der Waals surface area (Å²) < 4.78 is 9.40. The third-order valence-electron chi connectivity index (χ3n) is 1.92. The molecule has 120 valence electrons. The van der Waals surface area contributed by atoms with Crippen LogP contribution in [0.3, 0.4) is 0 Å². The summed E-state index contributed by atoms with van der Waals surface area (Å²) in [5, 5.41) is 25.5. The van der Waals surface area contributed by atoms with Crippen LogP contribution in [-0.2, 0) is 9.47 Å². The van der Waals surface area contributed by atoms with Crippen molar-refractivity contribution < 1.29 is 24.8 Å². The van der Waals surface area contributed by atoms with Gasteiger partial charge in [0.15, 0.2) is 0 Å². The van der Waals surface area contributed by atoms with Crippen LogP contribution >= 0.6 is 0 Å². The largest absolute Gasteiger partial charge is 0.395 e. The number of hydrogen-bond donors (Lipinski definition) is 3. The summed E-state index contributed by atoms with van der Waals surface area (Å²) in [5.74, 6) is 0. The Morgan fingerprint density at radius 3 is 1.45 bits per heavy atom. The molecule has 20 heavy (non-hydrogen) atoms. The molecule has 6 heteroatoms. The molecule has 0 radical (unpaired) electrons. The summed E-state index contributed by atoms with van der Waals surface area (Å²) in [6.07, 6.45) is 3.42. The number of hydrogen-bond acceptors (Lipinski definition) is 6. The zero-order valence-corrected chi connectivity index (χ0v) is 12.2. The summed E-state index contributed by atoms with van der Waals surface area (Å²) >= 11 is 0. The molecular weight excluding hydrogens is 262 g/mol. The molecule has 0 saturated carbocycles. The lowest BCUT2D eigenvalue weighted by atomic mass is 10.4. The second-order valence-corrected chi connectivity index (χ2v) is 3.74. The van der Waals surface area contributed by atoms with Gasteiger partial charge in [-0.2, -0.15) is 0 Å². The van der Waals surface area contributed by atoms with Gasteiger partial charge in [-0.25, -0.2) is 0 Å². The monoisotopic (exact) mass is 291 g/mol. The predicted octanol–water partition coefficient (Wildman–Crippen LogP) is -0.343. The van der Waals surface area contributed by atoms with E-state index < -0.39 is 0 Å². The highest BCUT2D eigenvalue weighted by atomic mass is 16.6. The van der Waals surface area contributed by atoms with Crippen molar-refractivity contribution >= 4 is 0 Å². The van der Waals surface area contributed by atoms with Gasteiger partial charge in [0.2, 0.25) is 0 Å². The van der Waals surface area contributed by atoms with Crippen LogP contribution < -0.4 is 0 Å². The minimum Gasteiger partial charge on any atom is -0.395 e. The molecule has 0 aliphatic carbocycles. The van der Waals surface area contributed by atoms with Gasteiger partial charge in [-0.3, -0.25) is 4.90 Å². The van der Waals surface area contributed by atoms with Crippen LogP contribution in [0.15, 0.2) is 25.3 Å². The highest BCUT2D eigenvalue weighted by molar-refractivity contribution is 4.68. The van der Waals surface area contributed by atoms with Gasteiger partial charge in [0.05, 0.1) is 46.2 Å². The van der Waals surface area contributed by atoms with Gasteiger partial charge >= 0.3 is 0 Å². The molecule has 0 atom stereocenters. The highest BCUT2D eigenvalue weighted by Gasteiger charge is 2.00.